The van der Waals surface area contributed by atoms with Crippen LogP contribution in [0.15, 0.2) is 18.2 Å². The zero-order valence-electron chi connectivity index (χ0n) is 13.6. The van der Waals surface area contributed by atoms with Crippen molar-refractivity contribution in [1.29, 1.82) is 0 Å². The molecular formula is C17H27N3O. The van der Waals surface area contributed by atoms with E-state index >= 15 is 0 Å². The lowest BCUT2D eigenvalue weighted by molar-refractivity contribution is 0.0938. The third kappa shape index (κ3) is 4.21. The van der Waals surface area contributed by atoms with Crippen LogP contribution >= 0.6 is 0 Å². The summed E-state index contributed by atoms with van der Waals surface area (Å²) in [6, 6.07) is 6.32. The lowest BCUT2D eigenvalue weighted by Gasteiger charge is -2.26. The van der Waals surface area contributed by atoms with Crippen molar-refractivity contribution >= 4 is 11.6 Å². The standard InChI is InChI=1S/C17H27N3O/c1-12(2)9-15(20(3)4)11-19-17(21)14-6-5-13-7-8-18-16(13)10-14/h5-6,10,12,15,18H,7-9,11H2,1-4H3,(H,19,21). The molecule has 1 aliphatic rings. The molecule has 0 aliphatic carbocycles. The zero-order chi connectivity index (χ0) is 15.4. The molecule has 0 saturated carbocycles. The van der Waals surface area contributed by atoms with Gasteiger partial charge in [-0.25, -0.2) is 0 Å². The summed E-state index contributed by atoms with van der Waals surface area (Å²) < 4.78 is 0. The van der Waals surface area contributed by atoms with Crippen LogP contribution in [-0.2, 0) is 6.42 Å². The highest BCUT2D eigenvalue weighted by molar-refractivity contribution is 5.95. The number of carbonyl (C=O) groups excluding carboxylic acids is 1. The molecule has 0 fully saturated rings. The van der Waals surface area contributed by atoms with Crippen LogP contribution < -0.4 is 10.6 Å². The van der Waals surface area contributed by atoms with E-state index in [-0.39, 0.29) is 5.91 Å². The molecule has 0 bridgehead atoms. The second-order valence-electron chi connectivity index (χ2n) is 6.51. The highest BCUT2D eigenvalue weighted by Crippen LogP contribution is 2.23. The summed E-state index contributed by atoms with van der Waals surface area (Å²) in [5, 5.41) is 6.38. The Bertz CT molecular complexity index is 497. The zero-order valence-corrected chi connectivity index (χ0v) is 13.6. The Morgan fingerprint density at radius 3 is 2.81 bits per heavy atom. The van der Waals surface area contributed by atoms with Crippen molar-refractivity contribution in [2.24, 2.45) is 5.92 Å². The number of hydrogen-bond acceptors (Lipinski definition) is 3. The minimum absolute atomic E-state index is 0.0158. The number of anilines is 1. The number of likely N-dealkylation sites (N-methyl/N-ethyl adjacent to an activating group) is 1. The molecule has 2 N–H and O–H groups in total. The number of fused-ring (bicyclic) bond motifs is 1. The van der Waals surface area contributed by atoms with Gasteiger partial charge in [-0.05, 0) is 50.6 Å². The largest absolute Gasteiger partial charge is 0.384 e. The summed E-state index contributed by atoms with van der Waals surface area (Å²) in [5.41, 5.74) is 3.15. The van der Waals surface area contributed by atoms with Gasteiger partial charge >= 0.3 is 0 Å². The topological polar surface area (TPSA) is 44.4 Å². The van der Waals surface area contributed by atoms with E-state index in [4.69, 9.17) is 0 Å². The number of benzene rings is 1. The Morgan fingerprint density at radius 1 is 1.38 bits per heavy atom. The Balaban J connectivity index is 1.94. The molecule has 1 unspecified atom stereocenters. The first kappa shape index (κ1) is 15.8. The van der Waals surface area contributed by atoms with Crippen LogP contribution in [0.4, 0.5) is 5.69 Å². The van der Waals surface area contributed by atoms with Crippen LogP contribution in [0.2, 0.25) is 0 Å². The first-order chi connectivity index (χ1) is 9.97. The lowest BCUT2D eigenvalue weighted by atomic mass is 10.0. The molecule has 0 aromatic heterocycles. The molecule has 1 aromatic carbocycles. The smallest absolute Gasteiger partial charge is 0.251 e. The predicted molar refractivity (Wildman–Crippen MR) is 87.9 cm³/mol. The molecule has 1 amide bonds. The Hall–Kier alpha value is -1.55. The predicted octanol–water partition coefficient (Wildman–Crippen LogP) is 2.36. The maximum Gasteiger partial charge on any atom is 0.251 e. The average Bonchev–Trinajstić information content (AvgIpc) is 2.89. The highest BCUT2D eigenvalue weighted by atomic mass is 16.1. The first-order valence-electron chi connectivity index (χ1n) is 7.78. The van der Waals surface area contributed by atoms with Crippen molar-refractivity contribution in [2.45, 2.75) is 32.7 Å². The molecule has 116 valence electrons. The van der Waals surface area contributed by atoms with Gasteiger partial charge in [0.1, 0.15) is 0 Å². The van der Waals surface area contributed by atoms with Gasteiger partial charge in [-0.3, -0.25) is 4.79 Å². The van der Waals surface area contributed by atoms with E-state index in [1.165, 1.54) is 5.56 Å². The van der Waals surface area contributed by atoms with Crippen molar-refractivity contribution < 1.29 is 4.79 Å². The second kappa shape index (κ2) is 6.94. The van der Waals surface area contributed by atoms with Gasteiger partial charge in [0, 0.05) is 30.4 Å². The van der Waals surface area contributed by atoms with Gasteiger partial charge in [-0.15, -0.1) is 0 Å². The number of amides is 1. The van der Waals surface area contributed by atoms with E-state index in [0.29, 0.717) is 18.5 Å². The maximum atomic E-state index is 12.3. The van der Waals surface area contributed by atoms with Gasteiger partial charge in [0.2, 0.25) is 0 Å². The van der Waals surface area contributed by atoms with Gasteiger partial charge in [-0.2, -0.15) is 0 Å². The number of carbonyl (C=O) groups is 1. The molecule has 1 heterocycles. The fraction of sp³-hybridized carbons (Fsp3) is 0.588. The highest BCUT2D eigenvalue weighted by Gasteiger charge is 2.17. The van der Waals surface area contributed by atoms with E-state index in [9.17, 15) is 4.79 Å². The van der Waals surface area contributed by atoms with E-state index in [0.717, 1.165) is 30.6 Å². The van der Waals surface area contributed by atoms with Crippen molar-refractivity contribution in [3.8, 4) is 0 Å². The van der Waals surface area contributed by atoms with Crippen LogP contribution in [0.5, 0.6) is 0 Å². The normalized spacial score (nSPS) is 15.0. The van der Waals surface area contributed by atoms with Gasteiger partial charge < -0.3 is 15.5 Å². The Labute approximate surface area is 127 Å². The molecule has 1 atom stereocenters. The molecule has 2 rings (SSSR count). The average molecular weight is 289 g/mol. The fourth-order valence-corrected chi connectivity index (χ4v) is 2.77. The van der Waals surface area contributed by atoms with Crippen LogP contribution in [0.25, 0.3) is 0 Å². The molecule has 21 heavy (non-hydrogen) atoms. The van der Waals surface area contributed by atoms with Crippen LogP contribution in [0, 0.1) is 5.92 Å². The molecule has 4 heteroatoms. The number of nitrogens with zero attached hydrogens (tertiary/aromatic N) is 1. The van der Waals surface area contributed by atoms with Crippen molar-refractivity contribution in [1.82, 2.24) is 10.2 Å². The van der Waals surface area contributed by atoms with Gasteiger partial charge in [-0.1, -0.05) is 19.9 Å². The van der Waals surface area contributed by atoms with Crippen LogP contribution in [0.1, 0.15) is 36.2 Å². The molecule has 0 saturated heterocycles. The van der Waals surface area contributed by atoms with Crippen LogP contribution in [0.3, 0.4) is 0 Å². The van der Waals surface area contributed by atoms with Gasteiger partial charge in [0.25, 0.3) is 5.91 Å². The second-order valence-corrected chi connectivity index (χ2v) is 6.51. The summed E-state index contributed by atoms with van der Waals surface area (Å²) in [6.07, 6.45) is 2.13. The minimum atomic E-state index is 0.0158. The minimum Gasteiger partial charge on any atom is -0.384 e. The molecule has 0 spiro atoms. The third-order valence-corrected chi connectivity index (χ3v) is 4.05. The number of nitrogens with one attached hydrogen (secondary N) is 2. The van der Waals surface area contributed by atoms with Crippen molar-refractivity contribution in [2.75, 3.05) is 32.5 Å². The van der Waals surface area contributed by atoms with E-state index in [1.807, 2.05) is 12.1 Å². The first-order valence-corrected chi connectivity index (χ1v) is 7.78. The molecule has 1 aromatic rings. The molecular weight excluding hydrogens is 262 g/mol. The number of rotatable bonds is 6. The quantitative estimate of drug-likeness (QED) is 0.845. The van der Waals surface area contributed by atoms with E-state index in [1.54, 1.807) is 0 Å². The SMILES string of the molecule is CC(C)CC(CNC(=O)c1ccc2c(c1)NCC2)N(C)C. The third-order valence-electron chi connectivity index (χ3n) is 4.05. The summed E-state index contributed by atoms with van der Waals surface area (Å²) in [6.45, 7) is 6.08. The summed E-state index contributed by atoms with van der Waals surface area (Å²) in [4.78, 5) is 14.5. The number of hydrogen-bond donors (Lipinski definition) is 2. The fourth-order valence-electron chi connectivity index (χ4n) is 2.77. The molecule has 1 aliphatic heterocycles. The monoisotopic (exact) mass is 289 g/mol. The molecule has 0 radical (unpaired) electrons. The Kier molecular flexibility index (Phi) is 5.23. The lowest BCUT2D eigenvalue weighted by Crippen LogP contribution is -2.41. The summed E-state index contributed by atoms with van der Waals surface area (Å²) in [5.74, 6) is 0.639. The van der Waals surface area contributed by atoms with E-state index in [2.05, 4.69) is 49.5 Å². The maximum absolute atomic E-state index is 12.3. The summed E-state index contributed by atoms with van der Waals surface area (Å²) >= 11 is 0. The van der Waals surface area contributed by atoms with Crippen molar-refractivity contribution in [3.63, 3.8) is 0 Å². The Morgan fingerprint density at radius 2 is 2.14 bits per heavy atom. The van der Waals surface area contributed by atoms with E-state index < -0.39 is 0 Å². The summed E-state index contributed by atoms with van der Waals surface area (Å²) in [7, 11) is 4.14. The van der Waals surface area contributed by atoms with Gasteiger partial charge in [0.05, 0.1) is 0 Å². The molecule has 4 nitrogen and oxygen atoms in total. The van der Waals surface area contributed by atoms with Gasteiger partial charge in [0.15, 0.2) is 0 Å². The van der Waals surface area contributed by atoms with Crippen molar-refractivity contribution in [3.05, 3.63) is 29.3 Å². The van der Waals surface area contributed by atoms with Crippen LogP contribution in [-0.4, -0.2) is 44.0 Å².